The lowest BCUT2D eigenvalue weighted by atomic mass is 10.1. The molecule has 2 aliphatic heterocycles. The van der Waals surface area contributed by atoms with Gasteiger partial charge in [0.1, 0.15) is 0 Å². The highest BCUT2D eigenvalue weighted by molar-refractivity contribution is 5.71. The van der Waals surface area contributed by atoms with Crippen LogP contribution in [0.15, 0.2) is 18.2 Å². The van der Waals surface area contributed by atoms with Crippen LogP contribution in [-0.2, 0) is 20.7 Å². The molecule has 1 amide bonds. The quantitative estimate of drug-likeness (QED) is 0.448. The first-order valence-corrected chi connectivity index (χ1v) is 10.7. The molecule has 30 heavy (non-hydrogen) atoms. The minimum Gasteiger partial charge on any atom is -0.454 e. The molecule has 0 bridgehead atoms. The SMILES string of the molecule is CCN(C(=O)OC(C)OC(=O)CCN1CCCC1)C(C)Cc1ccc2c(c1)OCO2. The van der Waals surface area contributed by atoms with Gasteiger partial charge in [0.15, 0.2) is 11.5 Å². The summed E-state index contributed by atoms with van der Waals surface area (Å²) in [7, 11) is 0. The van der Waals surface area contributed by atoms with E-state index < -0.39 is 12.4 Å². The molecule has 2 aliphatic rings. The predicted octanol–water partition coefficient (Wildman–Crippen LogP) is 3.18. The van der Waals surface area contributed by atoms with Gasteiger partial charge in [0, 0.05) is 26.1 Å². The number of carbonyl (C=O) groups excluding carboxylic acids is 2. The Hall–Kier alpha value is -2.48. The van der Waals surface area contributed by atoms with E-state index in [-0.39, 0.29) is 18.8 Å². The number of hydrogen-bond donors (Lipinski definition) is 0. The van der Waals surface area contributed by atoms with Gasteiger partial charge in [0.2, 0.25) is 13.1 Å². The Morgan fingerprint density at radius 2 is 1.87 bits per heavy atom. The number of fused-ring (bicyclic) bond motifs is 1. The Balaban J connectivity index is 1.45. The summed E-state index contributed by atoms with van der Waals surface area (Å²) in [5, 5.41) is 0. The van der Waals surface area contributed by atoms with Crippen molar-refractivity contribution >= 4 is 12.1 Å². The van der Waals surface area contributed by atoms with Crippen LogP contribution in [0.2, 0.25) is 0 Å². The van der Waals surface area contributed by atoms with Gasteiger partial charge in [-0.25, -0.2) is 4.79 Å². The molecule has 1 fully saturated rings. The molecule has 8 heteroatoms. The zero-order valence-electron chi connectivity index (χ0n) is 18.1. The monoisotopic (exact) mass is 420 g/mol. The molecule has 1 aromatic rings. The molecule has 0 saturated carbocycles. The van der Waals surface area contributed by atoms with Gasteiger partial charge < -0.3 is 28.7 Å². The van der Waals surface area contributed by atoms with Crippen LogP contribution in [0, 0.1) is 0 Å². The molecule has 2 unspecified atom stereocenters. The third-order valence-electron chi connectivity index (χ3n) is 5.47. The minimum absolute atomic E-state index is 0.0964. The number of amides is 1. The fraction of sp³-hybridized carbons (Fsp3) is 0.636. The second-order valence-electron chi connectivity index (χ2n) is 7.77. The fourth-order valence-corrected chi connectivity index (χ4v) is 3.87. The normalized spacial score (nSPS) is 17.4. The molecule has 2 atom stereocenters. The number of likely N-dealkylation sites (N-methyl/N-ethyl adjacent to an activating group) is 1. The van der Waals surface area contributed by atoms with E-state index in [9.17, 15) is 9.59 Å². The number of hydrogen-bond acceptors (Lipinski definition) is 7. The minimum atomic E-state index is -0.921. The van der Waals surface area contributed by atoms with E-state index in [0.29, 0.717) is 25.9 Å². The summed E-state index contributed by atoms with van der Waals surface area (Å²) in [6, 6.07) is 5.68. The number of esters is 1. The Morgan fingerprint density at radius 1 is 1.13 bits per heavy atom. The van der Waals surface area contributed by atoms with E-state index in [4.69, 9.17) is 18.9 Å². The van der Waals surface area contributed by atoms with E-state index in [0.717, 1.165) is 30.2 Å². The molecule has 0 spiro atoms. The van der Waals surface area contributed by atoms with Gasteiger partial charge in [-0.05, 0) is 63.9 Å². The smallest absolute Gasteiger partial charge is 0.413 e. The van der Waals surface area contributed by atoms with Crippen LogP contribution < -0.4 is 9.47 Å². The lowest BCUT2D eigenvalue weighted by Gasteiger charge is -2.28. The summed E-state index contributed by atoms with van der Waals surface area (Å²) in [5.41, 5.74) is 1.04. The molecule has 1 aromatic carbocycles. The molecule has 0 aliphatic carbocycles. The first kappa shape index (κ1) is 22.2. The summed E-state index contributed by atoms with van der Waals surface area (Å²) in [6.45, 7) is 8.90. The highest BCUT2D eigenvalue weighted by atomic mass is 16.7. The summed E-state index contributed by atoms with van der Waals surface area (Å²) in [6.07, 6.45) is 1.89. The van der Waals surface area contributed by atoms with Crippen LogP contribution >= 0.6 is 0 Å². The van der Waals surface area contributed by atoms with Gasteiger partial charge in [-0.2, -0.15) is 0 Å². The Labute approximate surface area is 178 Å². The molecule has 166 valence electrons. The highest BCUT2D eigenvalue weighted by Crippen LogP contribution is 2.33. The number of nitrogens with zero attached hydrogens (tertiary/aromatic N) is 2. The van der Waals surface area contributed by atoms with Crippen LogP contribution in [-0.4, -0.2) is 67.2 Å². The lowest BCUT2D eigenvalue weighted by molar-refractivity contribution is -0.166. The van der Waals surface area contributed by atoms with Crippen molar-refractivity contribution < 1.29 is 28.5 Å². The molecular formula is C22H32N2O6. The van der Waals surface area contributed by atoms with E-state index in [1.54, 1.807) is 11.8 Å². The molecule has 1 saturated heterocycles. The van der Waals surface area contributed by atoms with Gasteiger partial charge in [0.25, 0.3) is 0 Å². The number of ether oxygens (including phenoxy) is 4. The lowest BCUT2D eigenvalue weighted by Crippen LogP contribution is -2.41. The van der Waals surface area contributed by atoms with Crippen molar-refractivity contribution in [3.8, 4) is 11.5 Å². The van der Waals surface area contributed by atoms with Crippen molar-refractivity contribution in [3.05, 3.63) is 23.8 Å². The summed E-state index contributed by atoms with van der Waals surface area (Å²) < 4.78 is 21.4. The predicted molar refractivity (Wildman–Crippen MR) is 110 cm³/mol. The van der Waals surface area contributed by atoms with Crippen LogP contribution in [0.1, 0.15) is 45.6 Å². The number of benzene rings is 1. The summed E-state index contributed by atoms with van der Waals surface area (Å²) >= 11 is 0. The maximum absolute atomic E-state index is 12.6. The molecule has 0 radical (unpaired) electrons. The third kappa shape index (κ3) is 6.01. The molecule has 8 nitrogen and oxygen atoms in total. The molecular weight excluding hydrogens is 388 g/mol. The maximum atomic E-state index is 12.6. The van der Waals surface area contributed by atoms with Crippen molar-refractivity contribution in [2.45, 2.75) is 58.8 Å². The molecule has 3 rings (SSSR count). The summed E-state index contributed by atoms with van der Waals surface area (Å²) in [4.78, 5) is 28.5. The van der Waals surface area contributed by atoms with Gasteiger partial charge in [-0.3, -0.25) is 4.79 Å². The second-order valence-corrected chi connectivity index (χ2v) is 7.77. The van der Waals surface area contributed by atoms with E-state index in [1.807, 2.05) is 32.0 Å². The van der Waals surface area contributed by atoms with Gasteiger partial charge in [-0.1, -0.05) is 6.07 Å². The number of likely N-dealkylation sites (tertiary alicyclic amines) is 1. The first-order valence-electron chi connectivity index (χ1n) is 10.7. The van der Waals surface area contributed by atoms with E-state index in [2.05, 4.69) is 4.90 Å². The first-order chi connectivity index (χ1) is 14.5. The number of rotatable bonds is 9. The standard InChI is InChI=1S/C22H32N2O6/c1-4-24(16(2)13-18-7-8-19-20(14-18)28-15-27-19)22(26)30-17(3)29-21(25)9-12-23-10-5-6-11-23/h7-8,14,16-17H,4-6,9-13,15H2,1-3H3. The molecule has 0 N–H and O–H groups in total. The average Bonchev–Trinajstić information content (AvgIpc) is 3.38. The van der Waals surface area contributed by atoms with Crippen molar-refractivity contribution in [3.63, 3.8) is 0 Å². The largest absolute Gasteiger partial charge is 0.454 e. The van der Waals surface area contributed by atoms with Gasteiger partial charge in [0.05, 0.1) is 6.42 Å². The van der Waals surface area contributed by atoms with Gasteiger partial charge >= 0.3 is 12.1 Å². The van der Waals surface area contributed by atoms with Crippen molar-refractivity contribution in [2.75, 3.05) is 33.0 Å². The van der Waals surface area contributed by atoms with E-state index >= 15 is 0 Å². The van der Waals surface area contributed by atoms with Gasteiger partial charge in [-0.15, -0.1) is 0 Å². The van der Waals surface area contributed by atoms with E-state index in [1.165, 1.54) is 12.8 Å². The van der Waals surface area contributed by atoms with Crippen LogP contribution in [0.25, 0.3) is 0 Å². The number of carbonyl (C=O) groups is 2. The zero-order valence-corrected chi connectivity index (χ0v) is 18.1. The zero-order chi connectivity index (χ0) is 21.5. The Kier molecular flexibility index (Phi) is 7.79. The van der Waals surface area contributed by atoms with Crippen molar-refractivity contribution in [1.29, 1.82) is 0 Å². The highest BCUT2D eigenvalue weighted by Gasteiger charge is 2.24. The third-order valence-corrected chi connectivity index (χ3v) is 5.47. The fourth-order valence-electron chi connectivity index (χ4n) is 3.87. The summed E-state index contributed by atoms with van der Waals surface area (Å²) in [5.74, 6) is 1.11. The van der Waals surface area contributed by atoms with Crippen LogP contribution in [0.5, 0.6) is 11.5 Å². The van der Waals surface area contributed by atoms with Crippen LogP contribution in [0.4, 0.5) is 4.79 Å². The Bertz CT molecular complexity index is 734. The second kappa shape index (κ2) is 10.5. The maximum Gasteiger partial charge on any atom is 0.413 e. The van der Waals surface area contributed by atoms with Crippen molar-refractivity contribution in [2.24, 2.45) is 0 Å². The van der Waals surface area contributed by atoms with Crippen LogP contribution in [0.3, 0.4) is 0 Å². The molecule has 2 heterocycles. The van der Waals surface area contributed by atoms with Crippen molar-refractivity contribution in [1.82, 2.24) is 9.80 Å². The average molecular weight is 421 g/mol. The molecule has 0 aromatic heterocycles. The Morgan fingerprint density at radius 3 is 2.60 bits per heavy atom. The topological polar surface area (TPSA) is 77.5 Å².